The van der Waals surface area contributed by atoms with Crippen LogP contribution in [-0.2, 0) is 9.53 Å². The van der Waals surface area contributed by atoms with Gasteiger partial charge in [0.15, 0.2) is 0 Å². The molecule has 1 aliphatic carbocycles. The summed E-state index contributed by atoms with van der Waals surface area (Å²) in [5.41, 5.74) is 5.77. The molecule has 29 heavy (non-hydrogen) atoms. The number of carbonyl (C=O) groups is 1. The molecule has 3 heterocycles. The van der Waals surface area contributed by atoms with Crippen LogP contribution in [0.15, 0.2) is 39.2 Å². The van der Waals surface area contributed by atoms with E-state index >= 15 is 0 Å². The molecule has 2 aromatic heterocycles. The van der Waals surface area contributed by atoms with Gasteiger partial charge in [0.2, 0.25) is 0 Å². The molecule has 2 aromatic rings. The number of nitrogens with zero attached hydrogens (tertiary/aromatic N) is 1. The summed E-state index contributed by atoms with van der Waals surface area (Å²) in [6.07, 6.45) is 8.89. The Bertz CT molecular complexity index is 743. The van der Waals surface area contributed by atoms with E-state index in [2.05, 4.69) is 38.6 Å². The molecule has 0 radical (unpaired) electrons. The first-order valence-electron chi connectivity index (χ1n) is 11.0. The first-order chi connectivity index (χ1) is 14.3. The minimum atomic E-state index is 0.0460. The van der Waals surface area contributed by atoms with E-state index in [1.807, 2.05) is 0 Å². The Morgan fingerprint density at radius 2 is 1.66 bits per heavy atom. The molecule has 156 valence electrons. The highest BCUT2D eigenvalue weighted by Crippen LogP contribution is 2.34. The van der Waals surface area contributed by atoms with Crippen LogP contribution in [0.4, 0.5) is 0 Å². The number of hydrogen-bond acceptors (Lipinski definition) is 5. The number of carbonyl (C=O) groups excluding carboxylic acids is 1. The molecular formula is C24H31NO2S2. The average molecular weight is 430 g/mol. The van der Waals surface area contributed by atoms with Crippen molar-refractivity contribution in [1.29, 1.82) is 0 Å². The Balaban J connectivity index is 1.25. The minimum absolute atomic E-state index is 0.0460. The third kappa shape index (κ3) is 5.59. The van der Waals surface area contributed by atoms with Crippen LogP contribution in [0.25, 0.3) is 5.57 Å². The molecule has 5 heteroatoms. The molecule has 0 amide bonds. The molecule has 0 bridgehead atoms. The Hall–Kier alpha value is -1.43. The molecule has 1 aliphatic heterocycles. The number of piperidine rings is 1. The van der Waals surface area contributed by atoms with Crippen molar-refractivity contribution in [1.82, 2.24) is 4.90 Å². The summed E-state index contributed by atoms with van der Waals surface area (Å²) >= 11 is 3.55. The van der Waals surface area contributed by atoms with Crippen LogP contribution in [0.2, 0.25) is 0 Å². The van der Waals surface area contributed by atoms with Crippen molar-refractivity contribution in [2.45, 2.75) is 51.4 Å². The molecule has 4 rings (SSSR count). The lowest BCUT2D eigenvalue weighted by atomic mass is 9.89. The van der Waals surface area contributed by atoms with Crippen LogP contribution >= 0.6 is 22.7 Å². The number of ether oxygens (including phenoxy) is 1. The number of thiophene rings is 2. The lowest BCUT2D eigenvalue weighted by Crippen LogP contribution is -2.32. The minimum Gasteiger partial charge on any atom is -0.465 e. The zero-order valence-electron chi connectivity index (χ0n) is 17.1. The second-order valence-corrected chi connectivity index (χ2v) is 9.76. The van der Waals surface area contributed by atoms with Gasteiger partial charge in [0.1, 0.15) is 0 Å². The molecular weight excluding hydrogens is 398 g/mol. The highest BCUT2D eigenvalue weighted by molar-refractivity contribution is 7.08. The Labute approximate surface area is 182 Å². The van der Waals surface area contributed by atoms with Gasteiger partial charge in [-0.2, -0.15) is 22.7 Å². The van der Waals surface area contributed by atoms with E-state index in [0.29, 0.717) is 6.61 Å². The monoisotopic (exact) mass is 429 g/mol. The van der Waals surface area contributed by atoms with E-state index in [9.17, 15) is 4.79 Å². The van der Waals surface area contributed by atoms with E-state index < -0.39 is 0 Å². The predicted octanol–water partition coefficient (Wildman–Crippen LogP) is 6.22. The lowest BCUT2D eigenvalue weighted by Gasteiger charge is -2.30. The second-order valence-electron chi connectivity index (χ2n) is 8.20. The molecule has 3 nitrogen and oxygen atoms in total. The Morgan fingerprint density at radius 3 is 2.24 bits per heavy atom. The quantitative estimate of drug-likeness (QED) is 0.386. The van der Waals surface area contributed by atoms with E-state index in [1.165, 1.54) is 36.0 Å². The van der Waals surface area contributed by atoms with Crippen LogP contribution in [0.5, 0.6) is 0 Å². The maximum absolute atomic E-state index is 12.2. The molecule has 1 saturated carbocycles. The van der Waals surface area contributed by atoms with Crippen LogP contribution < -0.4 is 0 Å². The van der Waals surface area contributed by atoms with Crippen LogP contribution in [-0.4, -0.2) is 37.1 Å². The van der Waals surface area contributed by atoms with Crippen molar-refractivity contribution in [2.75, 3.05) is 26.2 Å². The van der Waals surface area contributed by atoms with Gasteiger partial charge in [0.05, 0.1) is 12.5 Å². The number of rotatable bonds is 7. The average Bonchev–Trinajstić information content (AvgIpc) is 3.48. The van der Waals surface area contributed by atoms with Gasteiger partial charge >= 0.3 is 5.97 Å². The van der Waals surface area contributed by atoms with Crippen molar-refractivity contribution in [3.8, 4) is 0 Å². The van der Waals surface area contributed by atoms with Crippen LogP contribution in [0.3, 0.4) is 0 Å². The normalized spacial score (nSPS) is 18.7. The van der Waals surface area contributed by atoms with Gasteiger partial charge in [-0.1, -0.05) is 24.8 Å². The van der Waals surface area contributed by atoms with E-state index in [1.54, 1.807) is 28.2 Å². The molecule has 0 atom stereocenters. The van der Waals surface area contributed by atoms with Gasteiger partial charge in [-0.25, -0.2) is 0 Å². The molecule has 1 saturated heterocycles. The van der Waals surface area contributed by atoms with Crippen molar-refractivity contribution in [2.24, 2.45) is 5.92 Å². The number of esters is 1. The first-order valence-corrected chi connectivity index (χ1v) is 12.9. The largest absolute Gasteiger partial charge is 0.465 e. The summed E-state index contributed by atoms with van der Waals surface area (Å²) in [7, 11) is 0. The fourth-order valence-electron chi connectivity index (χ4n) is 4.60. The summed E-state index contributed by atoms with van der Waals surface area (Å²) in [5, 5.41) is 8.89. The Kier molecular flexibility index (Phi) is 7.58. The van der Waals surface area contributed by atoms with E-state index in [0.717, 1.165) is 51.7 Å². The molecule has 0 unspecified atom stereocenters. The van der Waals surface area contributed by atoms with E-state index in [4.69, 9.17) is 4.74 Å². The van der Waals surface area contributed by atoms with Crippen molar-refractivity contribution in [3.63, 3.8) is 0 Å². The molecule has 0 aromatic carbocycles. The highest BCUT2D eigenvalue weighted by Gasteiger charge is 2.23. The molecule has 2 aliphatic rings. The summed E-state index contributed by atoms with van der Waals surface area (Å²) < 4.78 is 5.56. The fraction of sp³-hybridized carbons (Fsp3) is 0.542. The standard InChI is InChI=1S/C24H31NO2S2/c26-24(20-5-2-1-3-6-20)27-14-4-11-25-12-7-19(8-13-25)23(21-9-15-28-17-21)22-10-16-29-18-22/h9-10,15-18,20H,1-8,11-14H2. The summed E-state index contributed by atoms with van der Waals surface area (Å²) in [6.45, 7) is 3.80. The van der Waals surface area contributed by atoms with Gasteiger partial charge in [-0.05, 0) is 82.5 Å². The maximum Gasteiger partial charge on any atom is 0.308 e. The van der Waals surface area contributed by atoms with Gasteiger partial charge < -0.3 is 9.64 Å². The van der Waals surface area contributed by atoms with Crippen molar-refractivity contribution < 1.29 is 9.53 Å². The summed E-state index contributed by atoms with van der Waals surface area (Å²) in [4.78, 5) is 14.7. The summed E-state index contributed by atoms with van der Waals surface area (Å²) in [6, 6.07) is 4.50. The lowest BCUT2D eigenvalue weighted by molar-refractivity contribution is -0.149. The van der Waals surface area contributed by atoms with Crippen LogP contribution in [0.1, 0.15) is 62.5 Å². The molecule has 2 fully saturated rings. The topological polar surface area (TPSA) is 29.5 Å². The van der Waals surface area contributed by atoms with E-state index in [-0.39, 0.29) is 11.9 Å². The zero-order valence-corrected chi connectivity index (χ0v) is 18.7. The predicted molar refractivity (Wildman–Crippen MR) is 122 cm³/mol. The van der Waals surface area contributed by atoms with Gasteiger partial charge in [-0.15, -0.1) is 0 Å². The molecule has 0 spiro atoms. The third-order valence-electron chi connectivity index (χ3n) is 6.23. The maximum atomic E-state index is 12.2. The fourth-order valence-corrected chi connectivity index (χ4v) is 5.90. The smallest absolute Gasteiger partial charge is 0.308 e. The number of likely N-dealkylation sites (tertiary alicyclic amines) is 1. The first kappa shape index (κ1) is 20.8. The second kappa shape index (κ2) is 10.6. The summed E-state index contributed by atoms with van der Waals surface area (Å²) in [5.74, 6) is 0.212. The van der Waals surface area contributed by atoms with Gasteiger partial charge in [-0.3, -0.25) is 4.79 Å². The Morgan fingerprint density at radius 1 is 1.00 bits per heavy atom. The highest BCUT2D eigenvalue weighted by atomic mass is 32.1. The van der Waals surface area contributed by atoms with Crippen molar-refractivity contribution in [3.05, 3.63) is 50.4 Å². The van der Waals surface area contributed by atoms with Gasteiger partial charge in [0, 0.05) is 19.6 Å². The van der Waals surface area contributed by atoms with Crippen LogP contribution in [0, 0.1) is 5.92 Å². The number of hydrogen-bond donors (Lipinski definition) is 0. The van der Waals surface area contributed by atoms with Crippen molar-refractivity contribution >= 4 is 34.2 Å². The SMILES string of the molecule is O=C(OCCCN1CCC(=C(c2ccsc2)c2ccsc2)CC1)C1CCCCC1. The molecule has 0 N–H and O–H groups in total. The third-order valence-corrected chi connectivity index (χ3v) is 7.60. The zero-order chi connectivity index (χ0) is 19.9. The van der Waals surface area contributed by atoms with Gasteiger partial charge in [0.25, 0.3) is 0 Å².